The zero-order chi connectivity index (χ0) is 17.6. The second-order valence-corrected chi connectivity index (χ2v) is 6.13. The number of hydrogen-bond donors (Lipinski definition) is 1. The molecule has 1 N–H and O–H groups in total. The topological polar surface area (TPSA) is 62.6 Å². The molecule has 7 heteroatoms. The zero-order valence-electron chi connectivity index (χ0n) is 14.8. The van der Waals surface area contributed by atoms with Crippen LogP contribution in [0.4, 0.5) is 10.5 Å². The number of hydrogen-bond acceptors (Lipinski definition) is 4. The number of aromatic nitrogens is 2. The Labute approximate surface area is 148 Å². The van der Waals surface area contributed by atoms with Crippen molar-refractivity contribution in [3.05, 3.63) is 42.5 Å². The molecule has 2 aromatic rings. The van der Waals surface area contributed by atoms with Crippen LogP contribution in [0.1, 0.15) is 5.82 Å². The number of piperazine rings is 1. The summed E-state index contributed by atoms with van der Waals surface area (Å²) in [6.45, 7) is 7.13. The molecule has 0 saturated carbocycles. The number of carbonyl (C=O) groups is 1. The Bertz CT molecular complexity index is 707. The van der Waals surface area contributed by atoms with Gasteiger partial charge in [0.25, 0.3) is 0 Å². The van der Waals surface area contributed by atoms with E-state index in [1.807, 2.05) is 48.5 Å². The maximum absolute atomic E-state index is 12.5. The van der Waals surface area contributed by atoms with Gasteiger partial charge >= 0.3 is 6.03 Å². The molecule has 0 aliphatic carbocycles. The van der Waals surface area contributed by atoms with Gasteiger partial charge in [0, 0.05) is 51.7 Å². The number of amides is 2. The summed E-state index contributed by atoms with van der Waals surface area (Å²) >= 11 is 0. The molecule has 1 aliphatic heterocycles. The largest absolute Gasteiger partial charge is 0.495 e. The highest BCUT2D eigenvalue weighted by atomic mass is 16.5. The molecule has 0 spiro atoms. The van der Waals surface area contributed by atoms with Gasteiger partial charge in [0.1, 0.15) is 11.6 Å². The summed E-state index contributed by atoms with van der Waals surface area (Å²) in [5.74, 6) is 1.71. The summed E-state index contributed by atoms with van der Waals surface area (Å²) in [6, 6.07) is 7.38. The molecule has 0 atom stereocenters. The standard InChI is InChI=1S/C18H25N5O2/c1-15-19-7-8-22(15)12-9-21-10-13-23(14-11-21)18(24)20-16-5-3-4-6-17(16)25-2/h3-8H,9-14H2,1-2H3,(H,20,24). The van der Waals surface area contributed by atoms with Crippen molar-refractivity contribution < 1.29 is 9.53 Å². The van der Waals surface area contributed by atoms with Crippen LogP contribution < -0.4 is 10.1 Å². The molecule has 1 saturated heterocycles. The van der Waals surface area contributed by atoms with Gasteiger partial charge in [-0.2, -0.15) is 0 Å². The zero-order valence-corrected chi connectivity index (χ0v) is 14.8. The molecule has 1 aliphatic rings. The lowest BCUT2D eigenvalue weighted by Crippen LogP contribution is -2.50. The van der Waals surface area contributed by atoms with Crippen LogP contribution in [-0.2, 0) is 6.54 Å². The molecular formula is C18H25N5O2. The number of aryl methyl sites for hydroxylation is 1. The van der Waals surface area contributed by atoms with Gasteiger partial charge in [-0.15, -0.1) is 0 Å². The van der Waals surface area contributed by atoms with E-state index >= 15 is 0 Å². The quantitative estimate of drug-likeness (QED) is 0.903. The van der Waals surface area contributed by atoms with Crippen molar-refractivity contribution >= 4 is 11.7 Å². The third-order valence-corrected chi connectivity index (χ3v) is 4.59. The fourth-order valence-electron chi connectivity index (χ4n) is 3.01. The minimum absolute atomic E-state index is 0.0744. The molecule has 1 aromatic carbocycles. The van der Waals surface area contributed by atoms with Crippen molar-refractivity contribution in [2.24, 2.45) is 0 Å². The highest BCUT2D eigenvalue weighted by Gasteiger charge is 2.21. The van der Waals surface area contributed by atoms with Gasteiger partial charge in [-0.05, 0) is 19.1 Å². The number of para-hydroxylation sites is 2. The fourth-order valence-corrected chi connectivity index (χ4v) is 3.01. The minimum Gasteiger partial charge on any atom is -0.495 e. The molecule has 3 rings (SSSR count). The van der Waals surface area contributed by atoms with Gasteiger partial charge in [-0.1, -0.05) is 12.1 Å². The van der Waals surface area contributed by atoms with Crippen molar-refractivity contribution in [2.45, 2.75) is 13.5 Å². The van der Waals surface area contributed by atoms with E-state index < -0.39 is 0 Å². The summed E-state index contributed by atoms with van der Waals surface area (Å²) in [7, 11) is 1.60. The molecule has 0 unspecified atom stereocenters. The lowest BCUT2D eigenvalue weighted by atomic mass is 10.3. The van der Waals surface area contributed by atoms with Crippen molar-refractivity contribution in [3.8, 4) is 5.75 Å². The predicted molar refractivity (Wildman–Crippen MR) is 97.0 cm³/mol. The lowest BCUT2D eigenvalue weighted by Gasteiger charge is -2.34. The molecule has 134 valence electrons. The number of nitrogens with one attached hydrogen (secondary N) is 1. The number of urea groups is 1. The first kappa shape index (κ1) is 17.3. The third-order valence-electron chi connectivity index (χ3n) is 4.59. The van der Waals surface area contributed by atoms with E-state index in [4.69, 9.17) is 4.74 Å². The number of imidazole rings is 1. The first-order chi connectivity index (χ1) is 12.2. The Balaban J connectivity index is 1.47. The van der Waals surface area contributed by atoms with E-state index in [1.54, 1.807) is 7.11 Å². The summed E-state index contributed by atoms with van der Waals surface area (Å²) in [5, 5.41) is 2.94. The van der Waals surface area contributed by atoms with Crippen molar-refractivity contribution in [3.63, 3.8) is 0 Å². The summed E-state index contributed by atoms with van der Waals surface area (Å²) in [4.78, 5) is 20.9. The van der Waals surface area contributed by atoms with Gasteiger partial charge in [-0.25, -0.2) is 9.78 Å². The molecule has 25 heavy (non-hydrogen) atoms. The second-order valence-electron chi connectivity index (χ2n) is 6.13. The number of benzene rings is 1. The summed E-state index contributed by atoms with van der Waals surface area (Å²) in [5.41, 5.74) is 0.702. The first-order valence-electron chi connectivity index (χ1n) is 8.56. The third kappa shape index (κ3) is 4.30. The van der Waals surface area contributed by atoms with E-state index in [9.17, 15) is 4.79 Å². The highest BCUT2D eigenvalue weighted by Crippen LogP contribution is 2.23. The smallest absolute Gasteiger partial charge is 0.322 e. The number of nitrogens with zero attached hydrogens (tertiary/aromatic N) is 4. The average molecular weight is 343 g/mol. The van der Waals surface area contributed by atoms with Crippen LogP contribution >= 0.6 is 0 Å². The summed E-state index contributed by atoms with van der Waals surface area (Å²) in [6.07, 6.45) is 3.84. The maximum atomic E-state index is 12.5. The van der Waals surface area contributed by atoms with Gasteiger partial charge in [0.2, 0.25) is 0 Å². The van der Waals surface area contributed by atoms with E-state index in [2.05, 4.69) is 19.8 Å². The number of anilines is 1. The lowest BCUT2D eigenvalue weighted by molar-refractivity contribution is 0.144. The van der Waals surface area contributed by atoms with Crippen LogP contribution in [0.2, 0.25) is 0 Å². The Morgan fingerprint density at radius 1 is 1.20 bits per heavy atom. The Morgan fingerprint density at radius 3 is 2.64 bits per heavy atom. The Kier molecular flexibility index (Phi) is 5.55. The van der Waals surface area contributed by atoms with Crippen LogP contribution in [0.15, 0.2) is 36.7 Å². The molecule has 2 heterocycles. The van der Waals surface area contributed by atoms with Gasteiger partial charge in [0.15, 0.2) is 0 Å². The minimum atomic E-state index is -0.0744. The molecule has 2 amide bonds. The molecular weight excluding hydrogens is 318 g/mol. The number of rotatable bonds is 5. The van der Waals surface area contributed by atoms with E-state index in [0.717, 1.165) is 45.1 Å². The van der Waals surface area contributed by atoms with Crippen LogP contribution in [0.3, 0.4) is 0 Å². The van der Waals surface area contributed by atoms with Crippen LogP contribution in [0.5, 0.6) is 5.75 Å². The molecule has 0 radical (unpaired) electrons. The van der Waals surface area contributed by atoms with Crippen LogP contribution in [0, 0.1) is 6.92 Å². The predicted octanol–water partition coefficient (Wildman–Crippen LogP) is 2.05. The SMILES string of the molecule is COc1ccccc1NC(=O)N1CCN(CCn2ccnc2C)CC1. The number of ether oxygens (including phenoxy) is 1. The van der Waals surface area contributed by atoms with E-state index in [0.29, 0.717) is 11.4 Å². The molecule has 1 aromatic heterocycles. The van der Waals surface area contributed by atoms with Gasteiger partial charge < -0.3 is 19.5 Å². The Morgan fingerprint density at radius 2 is 1.96 bits per heavy atom. The molecule has 7 nitrogen and oxygen atoms in total. The van der Waals surface area contributed by atoms with Crippen molar-refractivity contribution in [1.29, 1.82) is 0 Å². The van der Waals surface area contributed by atoms with E-state index in [1.165, 1.54) is 0 Å². The van der Waals surface area contributed by atoms with Crippen LogP contribution in [-0.4, -0.2) is 65.2 Å². The second kappa shape index (κ2) is 8.02. The first-order valence-corrected chi connectivity index (χ1v) is 8.56. The Hall–Kier alpha value is -2.54. The normalized spacial score (nSPS) is 15.2. The average Bonchev–Trinajstić information content (AvgIpc) is 3.06. The number of carbonyl (C=O) groups excluding carboxylic acids is 1. The number of methoxy groups -OCH3 is 1. The monoisotopic (exact) mass is 343 g/mol. The maximum Gasteiger partial charge on any atom is 0.322 e. The highest BCUT2D eigenvalue weighted by molar-refractivity contribution is 5.91. The van der Waals surface area contributed by atoms with Crippen LogP contribution in [0.25, 0.3) is 0 Å². The van der Waals surface area contributed by atoms with Gasteiger partial charge in [-0.3, -0.25) is 4.90 Å². The summed E-state index contributed by atoms with van der Waals surface area (Å²) < 4.78 is 7.43. The van der Waals surface area contributed by atoms with Gasteiger partial charge in [0.05, 0.1) is 12.8 Å². The molecule has 0 bridgehead atoms. The van der Waals surface area contributed by atoms with E-state index in [-0.39, 0.29) is 6.03 Å². The van der Waals surface area contributed by atoms with Crippen molar-refractivity contribution in [1.82, 2.24) is 19.4 Å². The van der Waals surface area contributed by atoms with Crippen molar-refractivity contribution in [2.75, 3.05) is 45.2 Å². The fraction of sp³-hybridized carbons (Fsp3) is 0.444. The molecule has 1 fully saturated rings.